The summed E-state index contributed by atoms with van der Waals surface area (Å²) in [6.07, 6.45) is 4.28. The van der Waals surface area contributed by atoms with Gasteiger partial charge in [-0.1, -0.05) is 6.92 Å². The van der Waals surface area contributed by atoms with Crippen molar-refractivity contribution in [2.45, 2.75) is 51.1 Å². The molecule has 0 bridgehead atoms. The van der Waals surface area contributed by atoms with Crippen molar-refractivity contribution >= 4 is 0 Å². The van der Waals surface area contributed by atoms with Gasteiger partial charge in [0.15, 0.2) is 0 Å². The molecule has 1 aliphatic rings. The molecule has 0 amide bonds. The average molecular weight is 243 g/mol. The molecule has 0 aromatic heterocycles. The lowest BCUT2D eigenvalue weighted by atomic mass is 9.89. The predicted molar refractivity (Wildman–Crippen MR) is 72.1 cm³/mol. The molecule has 1 rings (SSSR count). The Morgan fingerprint density at radius 2 is 2.18 bits per heavy atom. The third-order valence-electron chi connectivity index (χ3n) is 3.99. The third kappa shape index (κ3) is 4.54. The van der Waals surface area contributed by atoms with Gasteiger partial charge in [-0.15, -0.1) is 0 Å². The van der Waals surface area contributed by atoms with Gasteiger partial charge in [-0.05, 0) is 52.2 Å². The van der Waals surface area contributed by atoms with Gasteiger partial charge in [-0.3, -0.25) is 0 Å². The molecule has 2 atom stereocenters. The molecule has 0 spiro atoms. The summed E-state index contributed by atoms with van der Waals surface area (Å²) in [5, 5.41) is 12.6. The first-order valence-corrected chi connectivity index (χ1v) is 6.97. The Balaban J connectivity index is 2.55. The molecule has 102 valence electrons. The normalized spacial score (nSPS) is 28.9. The molecule has 1 heterocycles. The highest BCUT2D eigenvalue weighted by Gasteiger charge is 2.31. The van der Waals surface area contributed by atoms with Crippen LogP contribution in [0, 0.1) is 0 Å². The summed E-state index contributed by atoms with van der Waals surface area (Å²) >= 11 is 0. The SMILES string of the molecule is CCN1CCCC(CN)(NC(C)CCO)CC1. The van der Waals surface area contributed by atoms with Gasteiger partial charge in [-0.25, -0.2) is 0 Å². The van der Waals surface area contributed by atoms with E-state index in [1.165, 1.54) is 13.0 Å². The zero-order valence-electron chi connectivity index (χ0n) is 11.4. The van der Waals surface area contributed by atoms with Crippen molar-refractivity contribution in [2.75, 3.05) is 32.8 Å². The first-order valence-electron chi connectivity index (χ1n) is 6.97. The molecule has 17 heavy (non-hydrogen) atoms. The molecule has 0 aliphatic carbocycles. The Morgan fingerprint density at radius 1 is 1.41 bits per heavy atom. The predicted octanol–water partition coefficient (Wildman–Crippen LogP) is 0.550. The number of aliphatic hydroxyl groups excluding tert-OH is 1. The fourth-order valence-electron chi connectivity index (χ4n) is 2.76. The fourth-order valence-corrected chi connectivity index (χ4v) is 2.76. The maximum absolute atomic E-state index is 8.98. The highest BCUT2D eigenvalue weighted by Crippen LogP contribution is 2.22. The van der Waals surface area contributed by atoms with E-state index in [2.05, 4.69) is 24.1 Å². The second-order valence-corrected chi connectivity index (χ2v) is 5.33. The van der Waals surface area contributed by atoms with Crippen LogP contribution in [0.3, 0.4) is 0 Å². The number of hydrogen-bond acceptors (Lipinski definition) is 4. The van der Waals surface area contributed by atoms with Crippen molar-refractivity contribution < 1.29 is 5.11 Å². The van der Waals surface area contributed by atoms with Crippen LogP contribution < -0.4 is 11.1 Å². The van der Waals surface area contributed by atoms with Crippen molar-refractivity contribution in [3.63, 3.8) is 0 Å². The lowest BCUT2D eigenvalue weighted by Crippen LogP contribution is -2.55. The van der Waals surface area contributed by atoms with Crippen LogP contribution in [0.2, 0.25) is 0 Å². The van der Waals surface area contributed by atoms with E-state index in [1.54, 1.807) is 0 Å². The number of nitrogens with one attached hydrogen (secondary N) is 1. The van der Waals surface area contributed by atoms with E-state index in [0.29, 0.717) is 12.6 Å². The lowest BCUT2D eigenvalue weighted by Gasteiger charge is -2.36. The van der Waals surface area contributed by atoms with E-state index in [1.807, 2.05) is 0 Å². The van der Waals surface area contributed by atoms with Crippen molar-refractivity contribution in [3.05, 3.63) is 0 Å². The first kappa shape index (κ1) is 14.9. The van der Waals surface area contributed by atoms with Gasteiger partial charge in [0.2, 0.25) is 0 Å². The molecule has 4 N–H and O–H groups in total. The van der Waals surface area contributed by atoms with Gasteiger partial charge in [0.05, 0.1) is 0 Å². The van der Waals surface area contributed by atoms with Gasteiger partial charge in [0, 0.05) is 24.7 Å². The van der Waals surface area contributed by atoms with Crippen molar-refractivity contribution in [2.24, 2.45) is 5.73 Å². The zero-order chi connectivity index (χ0) is 12.7. The maximum Gasteiger partial charge on any atom is 0.0445 e. The van der Waals surface area contributed by atoms with Crippen molar-refractivity contribution in [3.8, 4) is 0 Å². The molecule has 4 heteroatoms. The highest BCUT2D eigenvalue weighted by atomic mass is 16.3. The Labute approximate surface area is 106 Å². The van der Waals surface area contributed by atoms with E-state index >= 15 is 0 Å². The van der Waals surface area contributed by atoms with Gasteiger partial charge >= 0.3 is 0 Å². The minimum atomic E-state index is 0.0819. The molecule has 0 aromatic carbocycles. The van der Waals surface area contributed by atoms with Crippen molar-refractivity contribution in [1.29, 1.82) is 0 Å². The molecule has 1 aliphatic heterocycles. The zero-order valence-corrected chi connectivity index (χ0v) is 11.4. The van der Waals surface area contributed by atoms with Crippen LogP contribution >= 0.6 is 0 Å². The Morgan fingerprint density at radius 3 is 2.76 bits per heavy atom. The number of nitrogens with two attached hydrogens (primary N) is 1. The number of likely N-dealkylation sites (tertiary alicyclic amines) is 1. The molecular formula is C13H29N3O. The molecule has 2 unspecified atom stereocenters. The van der Waals surface area contributed by atoms with Crippen LogP contribution in [-0.2, 0) is 0 Å². The summed E-state index contributed by atoms with van der Waals surface area (Å²) in [4.78, 5) is 2.50. The third-order valence-corrected chi connectivity index (χ3v) is 3.99. The van der Waals surface area contributed by atoms with Crippen LogP contribution in [0.4, 0.5) is 0 Å². The summed E-state index contributed by atoms with van der Waals surface area (Å²) in [5.74, 6) is 0. The summed E-state index contributed by atoms with van der Waals surface area (Å²) in [7, 11) is 0. The van der Waals surface area contributed by atoms with Crippen LogP contribution in [0.25, 0.3) is 0 Å². The molecule has 0 radical (unpaired) electrons. The number of aliphatic hydroxyl groups is 1. The Kier molecular flexibility index (Phi) is 6.41. The molecule has 0 saturated carbocycles. The van der Waals surface area contributed by atoms with Crippen LogP contribution in [0.5, 0.6) is 0 Å². The van der Waals surface area contributed by atoms with E-state index in [-0.39, 0.29) is 12.1 Å². The number of hydrogen-bond donors (Lipinski definition) is 3. The molecule has 1 fully saturated rings. The Bertz CT molecular complexity index is 213. The second-order valence-electron chi connectivity index (χ2n) is 5.33. The second kappa shape index (κ2) is 7.31. The smallest absolute Gasteiger partial charge is 0.0445 e. The van der Waals surface area contributed by atoms with Gasteiger partial charge < -0.3 is 21.1 Å². The minimum Gasteiger partial charge on any atom is -0.396 e. The van der Waals surface area contributed by atoms with E-state index in [0.717, 1.165) is 32.4 Å². The molecule has 4 nitrogen and oxygen atoms in total. The minimum absolute atomic E-state index is 0.0819. The highest BCUT2D eigenvalue weighted by molar-refractivity contribution is 4.93. The Hall–Kier alpha value is -0.160. The number of nitrogens with zero attached hydrogens (tertiary/aromatic N) is 1. The van der Waals surface area contributed by atoms with E-state index < -0.39 is 0 Å². The summed E-state index contributed by atoms with van der Waals surface area (Å²) in [6.45, 7) is 8.75. The van der Waals surface area contributed by atoms with Gasteiger partial charge in [0.25, 0.3) is 0 Å². The molecular weight excluding hydrogens is 214 g/mol. The molecule has 0 aromatic rings. The fraction of sp³-hybridized carbons (Fsp3) is 1.00. The largest absolute Gasteiger partial charge is 0.396 e. The first-order chi connectivity index (χ1) is 8.15. The van der Waals surface area contributed by atoms with E-state index in [4.69, 9.17) is 10.8 Å². The van der Waals surface area contributed by atoms with Crippen molar-refractivity contribution in [1.82, 2.24) is 10.2 Å². The van der Waals surface area contributed by atoms with Crippen LogP contribution in [-0.4, -0.2) is 54.4 Å². The van der Waals surface area contributed by atoms with Crippen LogP contribution in [0.15, 0.2) is 0 Å². The van der Waals surface area contributed by atoms with Gasteiger partial charge in [-0.2, -0.15) is 0 Å². The van der Waals surface area contributed by atoms with Crippen LogP contribution in [0.1, 0.15) is 39.5 Å². The average Bonchev–Trinajstić information content (AvgIpc) is 2.52. The lowest BCUT2D eigenvalue weighted by molar-refractivity contribution is 0.218. The number of rotatable bonds is 6. The standard InChI is InChI=1S/C13H29N3O/c1-3-16-8-4-6-13(11-14,7-9-16)15-12(2)5-10-17/h12,15,17H,3-11,14H2,1-2H3. The summed E-state index contributed by atoms with van der Waals surface area (Å²) in [6, 6.07) is 0.344. The quantitative estimate of drug-likeness (QED) is 0.637. The van der Waals surface area contributed by atoms with Gasteiger partial charge in [0.1, 0.15) is 0 Å². The van der Waals surface area contributed by atoms with E-state index in [9.17, 15) is 0 Å². The summed E-state index contributed by atoms with van der Waals surface area (Å²) < 4.78 is 0. The molecule has 1 saturated heterocycles. The maximum atomic E-state index is 8.98. The summed E-state index contributed by atoms with van der Waals surface area (Å²) in [5.41, 5.74) is 6.08. The topological polar surface area (TPSA) is 61.5 Å². The monoisotopic (exact) mass is 243 g/mol.